The highest BCUT2D eigenvalue weighted by Gasteiger charge is 2.32. The molecule has 9 heteroatoms. The molecule has 0 fully saturated rings. The molecule has 0 radical (unpaired) electrons. The summed E-state index contributed by atoms with van der Waals surface area (Å²) < 4.78 is 37.5. The van der Waals surface area contributed by atoms with Crippen LogP contribution in [-0.2, 0) is 15.9 Å². The zero-order valence-electron chi connectivity index (χ0n) is 10.6. The van der Waals surface area contributed by atoms with Crippen LogP contribution >= 0.6 is 11.6 Å². The van der Waals surface area contributed by atoms with E-state index in [1.54, 1.807) is 0 Å². The van der Waals surface area contributed by atoms with Gasteiger partial charge in [-0.15, -0.1) is 0 Å². The Kier molecular flexibility index (Phi) is 5.75. The fourth-order valence-corrected chi connectivity index (χ4v) is 1.57. The zero-order valence-corrected chi connectivity index (χ0v) is 11.3. The van der Waals surface area contributed by atoms with E-state index in [1.807, 2.05) is 0 Å². The highest BCUT2D eigenvalue weighted by atomic mass is 35.5. The number of nitrogens with zero attached hydrogens (tertiary/aromatic N) is 3. The van der Waals surface area contributed by atoms with Gasteiger partial charge in [-0.25, -0.2) is 0 Å². The van der Waals surface area contributed by atoms with E-state index in [2.05, 4.69) is 25.0 Å². The van der Waals surface area contributed by atoms with Gasteiger partial charge >= 0.3 is 6.18 Å². The number of hydrogen-bond acceptors (Lipinski definition) is 5. The zero-order chi connectivity index (χ0) is 15.2. The molecular formula is C11H11ClF3N3O2. The minimum absolute atomic E-state index is 0.154. The van der Waals surface area contributed by atoms with E-state index in [1.165, 1.54) is 26.6 Å². The standard InChI is InChI=1S/C11H11ClF3N3O2/c1-19-17-4-7(5-18-20-2)10-9(12)3-8(6-16-10)11(13,14)15/h3-7H,1-2H3. The van der Waals surface area contributed by atoms with Crippen LogP contribution in [0.25, 0.3) is 0 Å². The Morgan fingerprint density at radius 1 is 1.25 bits per heavy atom. The Morgan fingerprint density at radius 2 is 1.80 bits per heavy atom. The van der Waals surface area contributed by atoms with Gasteiger partial charge in [0.1, 0.15) is 14.2 Å². The third-order valence-electron chi connectivity index (χ3n) is 2.17. The molecule has 0 N–H and O–H groups in total. The number of hydrogen-bond donors (Lipinski definition) is 0. The first-order chi connectivity index (χ1) is 9.40. The molecule has 0 atom stereocenters. The van der Waals surface area contributed by atoms with Gasteiger partial charge in [0.25, 0.3) is 0 Å². The van der Waals surface area contributed by atoms with Crippen molar-refractivity contribution >= 4 is 24.0 Å². The molecule has 5 nitrogen and oxygen atoms in total. The van der Waals surface area contributed by atoms with Gasteiger partial charge in [0.2, 0.25) is 0 Å². The highest BCUT2D eigenvalue weighted by molar-refractivity contribution is 6.31. The maximum Gasteiger partial charge on any atom is 0.417 e. The van der Waals surface area contributed by atoms with Crippen molar-refractivity contribution < 1.29 is 22.8 Å². The number of oxime groups is 2. The first kappa shape index (κ1) is 16.2. The van der Waals surface area contributed by atoms with Crippen molar-refractivity contribution in [2.24, 2.45) is 10.3 Å². The summed E-state index contributed by atoms with van der Waals surface area (Å²) in [5.41, 5.74) is -0.779. The summed E-state index contributed by atoms with van der Waals surface area (Å²) >= 11 is 5.82. The van der Waals surface area contributed by atoms with Crippen molar-refractivity contribution in [1.29, 1.82) is 0 Å². The molecule has 20 heavy (non-hydrogen) atoms. The molecule has 0 saturated carbocycles. The summed E-state index contributed by atoms with van der Waals surface area (Å²) in [5, 5.41) is 6.88. The fourth-order valence-electron chi connectivity index (χ4n) is 1.28. The van der Waals surface area contributed by atoms with Crippen LogP contribution in [0.3, 0.4) is 0 Å². The van der Waals surface area contributed by atoms with Gasteiger partial charge in [-0.3, -0.25) is 4.98 Å². The van der Waals surface area contributed by atoms with Crippen molar-refractivity contribution in [3.8, 4) is 0 Å². The van der Waals surface area contributed by atoms with Crippen LogP contribution in [0.5, 0.6) is 0 Å². The van der Waals surface area contributed by atoms with E-state index in [9.17, 15) is 13.2 Å². The summed E-state index contributed by atoms with van der Waals surface area (Å²) in [6.07, 6.45) is -1.25. The van der Waals surface area contributed by atoms with Crippen LogP contribution in [0, 0.1) is 0 Å². The Labute approximate surface area is 118 Å². The van der Waals surface area contributed by atoms with Gasteiger partial charge in [0.15, 0.2) is 0 Å². The molecular weight excluding hydrogens is 299 g/mol. The van der Waals surface area contributed by atoms with Gasteiger partial charge in [0, 0.05) is 6.20 Å². The molecule has 0 aromatic carbocycles. The lowest BCUT2D eigenvalue weighted by atomic mass is 10.1. The number of pyridine rings is 1. The summed E-state index contributed by atoms with van der Waals surface area (Å²) in [5.74, 6) is -0.676. The summed E-state index contributed by atoms with van der Waals surface area (Å²) in [6, 6.07) is 0.790. The molecule has 0 saturated heterocycles. The molecule has 1 aromatic heterocycles. The maximum absolute atomic E-state index is 12.5. The van der Waals surface area contributed by atoms with Crippen molar-refractivity contribution in [2.45, 2.75) is 12.1 Å². The maximum atomic E-state index is 12.5. The third kappa shape index (κ3) is 4.37. The average molecular weight is 310 g/mol. The molecule has 0 aliphatic heterocycles. The number of halogens is 4. The first-order valence-electron chi connectivity index (χ1n) is 5.26. The van der Waals surface area contributed by atoms with Gasteiger partial charge in [-0.2, -0.15) is 13.2 Å². The summed E-state index contributed by atoms with van der Waals surface area (Å²) in [7, 11) is 2.64. The lowest BCUT2D eigenvalue weighted by Crippen LogP contribution is -2.10. The molecule has 0 unspecified atom stereocenters. The van der Waals surface area contributed by atoms with Crippen LogP contribution in [0.15, 0.2) is 22.6 Å². The van der Waals surface area contributed by atoms with E-state index in [4.69, 9.17) is 11.6 Å². The SMILES string of the molecule is CON=CC(C=NOC)c1ncc(C(F)(F)F)cc1Cl. The Bertz CT molecular complexity index is 492. The largest absolute Gasteiger partial charge is 0.417 e. The molecule has 0 bridgehead atoms. The normalized spacial score (nSPS) is 13.9. The minimum Gasteiger partial charge on any atom is -0.399 e. The molecule has 0 aliphatic carbocycles. The van der Waals surface area contributed by atoms with Crippen LogP contribution in [0.1, 0.15) is 17.2 Å². The van der Waals surface area contributed by atoms with Gasteiger partial charge in [-0.1, -0.05) is 21.9 Å². The first-order valence-corrected chi connectivity index (χ1v) is 5.64. The van der Waals surface area contributed by atoms with Crippen LogP contribution in [-0.4, -0.2) is 31.6 Å². The van der Waals surface area contributed by atoms with E-state index >= 15 is 0 Å². The second-order valence-corrected chi connectivity index (χ2v) is 3.90. The van der Waals surface area contributed by atoms with E-state index < -0.39 is 17.7 Å². The van der Waals surface area contributed by atoms with Crippen LogP contribution in [0.2, 0.25) is 5.02 Å². The van der Waals surface area contributed by atoms with Crippen molar-refractivity contribution in [1.82, 2.24) is 4.98 Å². The monoisotopic (exact) mass is 309 g/mol. The quantitative estimate of drug-likeness (QED) is 0.620. The molecule has 0 aliphatic rings. The Morgan fingerprint density at radius 3 is 2.20 bits per heavy atom. The third-order valence-corrected chi connectivity index (χ3v) is 2.47. The lowest BCUT2D eigenvalue weighted by Gasteiger charge is -2.11. The molecule has 1 heterocycles. The van der Waals surface area contributed by atoms with E-state index in [-0.39, 0.29) is 10.7 Å². The van der Waals surface area contributed by atoms with Crippen molar-refractivity contribution in [3.63, 3.8) is 0 Å². The summed E-state index contributed by atoms with van der Waals surface area (Å²) in [6.45, 7) is 0. The Balaban J connectivity index is 3.14. The van der Waals surface area contributed by atoms with Gasteiger partial charge in [-0.05, 0) is 6.07 Å². The molecule has 1 rings (SSSR count). The van der Waals surface area contributed by atoms with Crippen molar-refractivity contribution in [3.05, 3.63) is 28.5 Å². The predicted molar refractivity (Wildman–Crippen MR) is 68.0 cm³/mol. The van der Waals surface area contributed by atoms with E-state index in [0.29, 0.717) is 6.20 Å². The second-order valence-electron chi connectivity index (χ2n) is 3.49. The van der Waals surface area contributed by atoms with Crippen molar-refractivity contribution in [2.75, 3.05) is 14.2 Å². The van der Waals surface area contributed by atoms with Gasteiger partial charge in [0.05, 0.1) is 34.6 Å². The smallest absolute Gasteiger partial charge is 0.399 e. The number of aromatic nitrogens is 1. The topological polar surface area (TPSA) is 56.1 Å². The summed E-state index contributed by atoms with van der Waals surface area (Å²) in [4.78, 5) is 12.7. The van der Waals surface area contributed by atoms with E-state index in [0.717, 1.165) is 6.07 Å². The number of alkyl halides is 3. The lowest BCUT2D eigenvalue weighted by molar-refractivity contribution is -0.137. The molecule has 0 amide bonds. The fraction of sp³-hybridized carbons (Fsp3) is 0.364. The highest BCUT2D eigenvalue weighted by Crippen LogP contribution is 2.32. The molecule has 0 spiro atoms. The van der Waals surface area contributed by atoms with Crippen LogP contribution < -0.4 is 0 Å². The van der Waals surface area contributed by atoms with Crippen LogP contribution in [0.4, 0.5) is 13.2 Å². The molecule has 110 valence electrons. The average Bonchev–Trinajstić information content (AvgIpc) is 2.38. The Hall–Kier alpha value is -1.83. The predicted octanol–water partition coefficient (Wildman–Crippen LogP) is 3.10. The second kappa shape index (κ2) is 7.09. The minimum atomic E-state index is -4.51. The van der Waals surface area contributed by atoms with Gasteiger partial charge < -0.3 is 9.68 Å². The molecule has 1 aromatic rings. The number of rotatable bonds is 5.